The molecule has 4 N–H and O–H groups in total. The lowest BCUT2D eigenvalue weighted by Crippen LogP contribution is -2.03. The Labute approximate surface area is 130 Å². The number of hydrogen-bond donors (Lipinski definition) is 2. The van der Waals surface area contributed by atoms with Crippen LogP contribution in [-0.2, 0) is 0 Å². The van der Waals surface area contributed by atoms with Crippen LogP contribution in [0.2, 0.25) is 0 Å². The second-order valence-corrected chi connectivity index (χ2v) is 4.54. The molecule has 1 aromatic carbocycles. The summed E-state index contributed by atoms with van der Waals surface area (Å²) in [5.41, 5.74) is 13.1. The summed E-state index contributed by atoms with van der Waals surface area (Å²) in [4.78, 5) is 4.12. The van der Waals surface area contributed by atoms with Gasteiger partial charge in [-0.3, -0.25) is 0 Å². The summed E-state index contributed by atoms with van der Waals surface area (Å²) in [5, 5.41) is 21.2. The van der Waals surface area contributed by atoms with Gasteiger partial charge in [-0.1, -0.05) is 6.07 Å². The molecule has 0 saturated carbocycles. The molecule has 23 heavy (non-hydrogen) atoms. The molecular weight excluding hydrogens is 296 g/mol. The van der Waals surface area contributed by atoms with Gasteiger partial charge in [0.05, 0.1) is 19.0 Å². The number of rotatable bonds is 3. The zero-order valence-corrected chi connectivity index (χ0v) is 12.1. The number of nitriles is 1. The number of nitrogen functional groups attached to an aromatic ring is 2. The zero-order chi connectivity index (χ0) is 16.4. The molecule has 3 rings (SSSR count). The van der Waals surface area contributed by atoms with Gasteiger partial charge in [0.2, 0.25) is 0 Å². The molecule has 9 nitrogen and oxygen atoms in total. The molecule has 0 radical (unpaired) electrons. The van der Waals surface area contributed by atoms with Crippen LogP contribution in [0.3, 0.4) is 0 Å². The summed E-state index contributed by atoms with van der Waals surface area (Å²) in [7, 11) is 1.57. The average molecular weight is 308 g/mol. The number of fused-ring (bicyclic) bond motifs is 1. The Balaban J connectivity index is 2.06. The van der Waals surface area contributed by atoms with Crippen LogP contribution in [0.15, 0.2) is 40.7 Å². The van der Waals surface area contributed by atoms with E-state index in [-0.39, 0.29) is 22.9 Å². The van der Waals surface area contributed by atoms with Crippen molar-refractivity contribution < 1.29 is 4.74 Å². The maximum Gasteiger partial charge on any atom is 0.187 e. The molecule has 0 aliphatic rings. The second-order valence-electron chi connectivity index (χ2n) is 4.54. The summed E-state index contributed by atoms with van der Waals surface area (Å²) in [6, 6.07) is 9.01. The number of nitrogens with zero attached hydrogens (tertiary/aromatic N) is 6. The van der Waals surface area contributed by atoms with Gasteiger partial charge < -0.3 is 16.2 Å². The minimum absolute atomic E-state index is 0.117. The Morgan fingerprint density at radius 1 is 1.30 bits per heavy atom. The highest BCUT2D eigenvalue weighted by molar-refractivity contribution is 5.77. The fourth-order valence-electron chi connectivity index (χ4n) is 1.97. The fraction of sp³-hybridized carbons (Fsp3) is 0.0714. The highest BCUT2D eigenvalue weighted by Crippen LogP contribution is 2.30. The molecule has 2 heterocycles. The van der Waals surface area contributed by atoms with Crippen LogP contribution in [0.4, 0.5) is 23.0 Å². The Bertz CT molecular complexity index is 953. The number of methoxy groups -OCH3 is 1. The van der Waals surface area contributed by atoms with Gasteiger partial charge in [-0.25, -0.2) is 4.98 Å². The van der Waals surface area contributed by atoms with Crippen molar-refractivity contribution in [2.24, 2.45) is 10.2 Å². The van der Waals surface area contributed by atoms with Crippen LogP contribution >= 0.6 is 0 Å². The first-order valence-corrected chi connectivity index (χ1v) is 6.52. The van der Waals surface area contributed by atoms with E-state index in [0.29, 0.717) is 17.1 Å². The van der Waals surface area contributed by atoms with E-state index < -0.39 is 0 Å². The Morgan fingerprint density at radius 3 is 2.87 bits per heavy atom. The number of hydrogen-bond acceptors (Lipinski definition) is 8. The summed E-state index contributed by atoms with van der Waals surface area (Å²) < 4.78 is 6.40. The first-order chi connectivity index (χ1) is 11.1. The molecule has 0 fully saturated rings. The largest absolute Gasteiger partial charge is 0.497 e. The molecule has 0 aliphatic carbocycles. The number of benzene rings is 1. The third-order valence-electron chi connectivity index (χ3n) is 3.12. The molecule has 0 atom stereocenters. The average Bonchev–Trinajstić information content (AvgIpc) is 2.90. The van der Waals surface area contributed by atoms with Crippen LogP contribution in [0.25, 0.3) is 5.65 Å². The van der Waals surface area contributed by atoms with Crippen molar-refractivity contribution in [1.29, 1.82) is 5.26 Å². The lowest BCUT2D eigenvalue weighted by molar-refractivity contribution is 0.415. The minimum atomic E-state index is 0.117. The Kier molecular flexibility index (Phi) is 3.48. The summed E-state index contributed by atoms with van der Waals surface area (Å²) in [6.07, 6.45) is 1.34. The molecule has 0 bridgehead atoms. The van der Waals surface area contributed by atoms with E-state index in [2.05, 4.69) is 20.3 Å². The Morgan fingerprint density at radius 2 is 2.13 bits per heavy atom. The Hall–Kier alpha value is -3.67. The monoisotopic (exact) mass is 308 g/mol. The maximum absolute atomic E-state index is 8.96. The van der Waals surface area contributed by atoms with E-state index >= 15 is 0 Å². The van der Waals surface area contributed by atoms with E-state index in [4.69, 9.17) is 21.5 Å². The molecule has 114 valence electrons. The molecule has 0 amide bonds. The summed E-state index contributed by atoms with van der Waals surface area (Å²) in [6.45, 7) is 0. The van der Waals surface area contributed by atoms with E-state index in [1.807, 2.05) is 6.07 Å². The molecule has 2 aromatic heterocycles. The van der Waals surface area contributed by atoms with Crippen LogP contribution in [0.5, 0.6) is 5.75 Å². The van der Waals surface area contributed by atoms with E-state index in [0.717, 1.165) is 0 Å². The van der Waals surface area contributed by atoms with Gasteiger partial charge in [0.25, 0.3) is 0 Å². The van der Waals surface area contributed by atoms with Gasteiger partial charge in [-0.15, -0.1) is 10.2 Å². The van der Waals surface area contributed by atoms with Crippen molar-refractivity contribution in [3.05, 3.63) is 36.0 Å². The predicted molar refractivity (Wildman–Crippen MR) is 83.7 cm³/mol. The number of azo groups is 1. The van der Waals surface area contributed by atoms with Gasteiger partial charge in [-0.05, 0) is 12.1 Å². The van der Waals surface area contributed by atoms with Crippen molar-refractivity contribution in [2.45, 2.75) is 0 Å². The van der Waals surface area contributed by atoms with Crippen molar-refractivity contribution >= 4 is 28.7 Å². The van der Waals surface area contributed by atoms with Crippen LogP contribution in [0, 0.1) is 11.3 Å². The molecular formula is C14H12N8O. The van der Waals surface area contributed by atoms with E-state index in [1.165, 1.54) is 10.7 Å². The molecule has 0 unspecified atom stereocenters. The minimum Gasteiger partial charge on any atom is -0.497 e. The van der Waals surface area contributed by atoms with Crippen molar-refractivity contribution in [1.82, 2.24) is 14.6 Å². The third kappa shape index (κ3) is 2.49. The lowest BCUT2D eigenvalue weighted by Gasteiger charge is -2.00. The van der Waals surface area contributed by atoms with Gasteiger partial charge in [0, 0.05) is 6.07 Å². The normalized spacial score (nSPS) is 11.0. The number of nitrogens with two attached hydrogens (primary N) is 2. The van der Waals surface area contributed by atoms with E-state index in [1.54, 1.807) is 31.4 Å². The maximum atomic E-state index is 8.96. The molecule has 0 spiro atoms. The standard InChI is InChI=1S/C14H12N8O/c1-23-10-4-2-3-9(5-10)19-20-11-12(16)21-22-13(17)8(6-15)7-18-14(11)22/h2-5,7H,17H2,1H3,(H2,16,21). The lowest BCUT2D eigenvalue weighted by atomic mass is 10.3. The topological polar surface area (TPSA) is 140 Å². The quantitative estimate of drug-likeness (QED) is 0.710. The van der Waals surface area contributed by atoms with Crippen molar-refractivity contribution in [2.75, 3.05) is 18.6 Å². The SMILES string of the molecule is COc1cccc(N=Nc2c(N)nn3c(N)c(C#N)cnc23)c1. The van der Waals surface area contributed by atoms with Gasteiger partial charge in [-0.2, -0.15) is 14.9 Å². The first-order valence-electron chi connectivity index (χ1n) is 6.52. The van der Waals surface area contributed by atoms with Crippen LogP contribution in [0.1, 0.15) is 5.56 Å². The number of ether oxygens (including phenoxy) is 1. The number of aromatic nitrogens is 3. The van der Waals surface area contributed by atoms with Gasteiger partial charge in [0.15, 0.2) is 17.2 Å². The second kappa shape index (κ2) is 5.61. The summed E-state index contributed by atoms with van der Waals surface area (Å²) >= 11 is 0. The van der Waals surface area contributed by atoms with Crippen LogP contribution in [-0.4, -0.2) is 21.7 Å². The summed E-state index contributed by atoms with van der Waals surface area (Å²) in [5.74, 6) is 0.924. The molecule has 0 aliphatic heterocycles. The highest BCUT2D eigenvalue weighted by atomic mass is 16.5. The predicted octanol–water partition coefficient (Wildman–Crippen LogP) is 2.19. The smallest absolute Gasteiger partial charge is 0.187 e. The van der Waals surface area contributed by atoms with Crippen molar-refractivity contribution in [3.8, 4) is 11.8 Å². The van der Waals surface area contributed by atoms with Gasteiger partial charge >= 0.3 is 0 Å². The van der Waals surface area contributed by atoms with E-state index in [9.17, 15) is 0 Å². The van der Waals surface area contributed by atoms with Gasteiger partial charge in [0.1, 0.15) is 23.2 Å². The molecule has 9 heteroatoms. The highest BCUT2D eigenvalue weighted by Gasteiger charge is 2.15. The first kappa shape index (κ1) is 14.3. The number of anilines is 2. The van der Waals surface area contributed by atoms with Crippen LogP contribution < -0.4 is 16.2 Å². The molecule has 0 saturated heterocycles. The van der Waals surface area contributed by atoms with Crippen molar-refractivity contribution in [3.63, 3.8) is 0 Å². The zero-order valence-electron chi connectivity index (χ0n) is 12.1. The molecule has 3 aromatic rings. The third-order valence-corrected chi connectivity index (χ3v) is 3.12. The fourth-order valence-corrected chi connectivity index (χ4v) is 1.97.